The Morgan fingerprint density at radius 2 is 2.00 bits per heavy atom. The molecule has 1 aromatic rings. The largest absolute Gasteiger partial charge is 0.205 e. The Balaban J connectivity index is 3.01. The number of rotatable bonds is 2. The Hall–Kier alpha value is -0.560. The summed E-state index contributed by atoms with van der Waals surface area (Å²) in [6.45, 7) is 6.19. The molecular formula is C11H14ClF. The number of hydrogen-bond donors (Lipinski definition) is 0. The number of halogens is 2. The van der Waals surface area contributed by atoms with E-state index in [0.29, 0.717) is 5.92 Å². The van der Waals surface area contributed by atoms with E-state index < -0.39 is 0 Å². The topological polar surface area (TPSA) is 0 Å². The van der Waals surface area contributed by atoms with E-state index in [1.807, 2.05) is 6.92 Å². The fourth-order valence-corrected chi connectivity index (χ4v) is 1.53. The minimum Gasteiger partial charge on any atom is -0.205 e. The van der Waals surface area contributed by atoms with E-state index in [4.69, 9.17) is 11.6 Å². The quantitative estimate of drug-likeness (QED) is 0.678. The second-order valence-corrected chi connectivity index (χ2v) is 4.20. The summed E-state index contributed by atoms with van der Waals surface area (Å²) in [4.78, 5) is 0. The van der Waals surface area contributed by atoms with Gasteiger partial charge in [0.05, 0.1) is 5.02 Å². The summed E-state index contributed by atoms with van der Waals surface area (Å²) in [7, 11) is 0. The summed E-state index contributed by atoms with van der Waals surface area (Å²) >= 11 is 5.69. The average Bonchev–Trinajstić information content (AvgIpc) is 1.99. The van der Waals surface area contributed by atoms with E-state index in [0.717, 1.165) is 17.5 Å². The summed E-state index contributed by atoms with van der Waals surface area (Å²) in [5.74, 6) is 0.243. The van der Waals surface area contributed by atoms with Crippen LogP contribution in [0.3, 0.4) is 0 Å². The van der Waals surface area contributed by atoms with Crippen molar-refractivity contribution in [2.24, 2.45) is 5.92 Å². The smallest absolute Gasteiger partial charge is 0.142 e. The third kappa shape index (κ3) is 2.70. The summed E-state index contributed by atoms with van der Waals surface area (Å²) in [6.07, 6.45) is 0.950. The number of benzene rings is 1. The Labute approximate surface area is 83.7 Å². The highest BCUT2D eigenvalue weighted by atomic mass is 35.5. The van der Waals surface area contributed by atoms with Crippen molar-refractivity contribution in [1.82, 2.24) is 0 Å². The van der Waals surface area contributed by atoms with Crippen LogP contribution in [0.2, 0.25) is 5.02 Å². The van der Waals surface area contributed by atoms with Gasteiger partial charge in [-0.15, -0.1) is 0 Å². The van der Waals surface area contributed by atoms with Crippen molar-refractivity contribution < 1.29 is 4.39 Å². The zero-order chi connectivity index (χ0) is 10.0. The van der Waals surface area contributed by atoms with Gasteiger partial charge in [-0.25, -0.2) is 4.39 Å². The summed E-state index contributed by atoms with van der Waals surface area (Å²) in [5.41, 5.74) is 2.12. The molecule has 0 amide bonds. The molecule has 72 valence electrons. The molecule has 0 N–H and O–H groups in total. The van der Waals surface area contributed by atoms with Crippen LogP contribution in [0.4, 0.5) is 4.39 Å². The summed E-state index contributed by atoms with van der Waals surface area (Å²) in [5, 5.41) is 0.223. The van der Waals surface area contributed by atoms with Crippen LogP contribution in [0.25, 0.3) is 0 Å². The molecule has 0 aliphatic rings. The van der Waals surface area contributed by atoms with E-state index in [9.17, 15) is 4.39 Å². The van der Waals surface area contributed by atoms with Crippen LogP contribution in [-0.4, -0.2) is 0 Å². The van der Waals surface area contributed by atoms with Crippen LogP contribution >= 0.6 is 11.6 Å². The molecule has 1 aromatic carbocycles. The molecule has 0 saturated heterocycles. The average molecular weight is 201 g/mol. The molecule has 0 radical (unpaired) electrons. The predicted octanol–water partition coefficient (Wildman–Crippen LogP) is 3.99. The molecule has 0 aliphatic carbocycles. The normalized spacial score (nSPS) is 10.9. The van der Waals surface area contributed by atoms with Gasteiger partial charge in [0.25, 0.3) is 0 Å². The maximum Gasteiger partial charge on any atom is 0.142 e. The second kappa shape index (κ2) is 4.10. The van der Waals surface area contributed by atoms with Crippen LogP contribution < -0.4 is 0 Å². The first-order valence-electron chi connectivity index (χ1n) is 4.45. The fraction of sp³-hybridized carbons (Fsp3) is 0.455. The highest BCUT2D eigenvalue weighted by molar-refractivity contribution is 6.30. The standard InChI is InChI=1S/C11H14ClF/c1-7(2)4-9-6-10(12)11(13)5-8(9)3/h5-7H,4H2,1-3H3. The fourth-order valence-electron chi connectivity index (χ4n) is 1.35. The molecule has 1 rings (SSSR count). The van der Waals surface area contributed by atoms with Gasteiger partial charge < -0.3 is 0 Å². The number of hydrogen-bond acceptors (Lipinski definition) is 0. The van der Waals surface area contributed by atoms with Gasteiger partial charge in [-0.1, -0.05) is 25.4 Å². The Morgan fingerprint density at radius 1 is 1.38 bits per heavy atom. The maximum absolute atomic E-state index is 13.0. The molecule has 0 spiro atoms. The lowest BCUT2D eigenvalue weighted by Crippen LogP contribution is -1.97. The highest BCUT2D eigenvalue weighted by Crippen LogP contribution is 2.21. The van der Waals surface area contributed by atoms with E-state index in [2.05, 4.69) is 13.8 Å². The monoisotopic (exact) mass is 200 g/mol. The van der Waals surface area contributed by atoms with Gasteiger partial charge >= 0.3 is 0 Å². The molecular weight excluding hydrogens is 187 g/mol. The molecule has 2 heteroatoms. The molecule has 13 heavy (non-hydrogen) atoms. The van der Waals surface area contributed by atoms with Crippen molar-refractivity contribution in [2.75, 3.05) is 0 Å². The Kier molecular flexibility index (Phi) is 3.32. The molecule has 0 bridgehead atoms. The lowest BCUT2D eigenvalue weighted by molar-refractivity contribution is 0.618. The van der Waals surface area contributed by atoms with Gasteiger partial charge in [0.15, 0.2) is 0 Å². The minimum atomic E-state index is -0.327. The first-order valence-corrected chi connectivity index (χ1v) is 4.83. The summed E-state index contributed by atoms with van der Waals surface area (Å²) < 4.78 is 13.0. The molecule has 0 atom stereocenters. The highest BCUT2D eigenvalue weighted by Gasteiger charge is 2.06. The molecule has 0 unspecified atom stereocenters. The van der Waals surface area contributed by atoms with E-state index >= 15 is 0 Å². The zero-order valence-electron chi connectivity index (χ0n) is 8.20. The van der Waals surface area contributed by atoms with E-state index in [1.165, 1.54) is 6.07 Å². The lowest BCUT2D eigenvalue weighted by Gasteiger charge is -2.09. The van der Waals surface area contributed by atoms with Crippen LogP contribution in [0.5, 0.6) is 0 Å². The molecule has 0 aliphatic heterocycles. The van der Waals surface area contributed by atoms with Gasteiger partial charge in [-0.2, -0.15) is 0 Å². The first-order chi connectivity index (χ1) is 6.00. The van der Waals surface area contributed by atoms with Crippen molar-refractivity contribution in [3.05, 3.63) is 34.1 Å². The van der Waals surface area contributed by atoms with Gasteiger partial charge in [-0.3, -0.25) is 0 Å². The van der Waals surface area contributed by atoms with Crippen molar-refractivity contribution in [3.63, 3.8) is 0 Å². The van der Waals surface area contributed by atoms with Crippen LogP contribution in [0, 0.1) is 18.7 Å². The van der Waals surface area contributed by atoms with Crippen molar-refractivity contribution in [2.45, 2.75) is 27.2 Å². The van der Waals surface area contributed by atoms with E-state index in [-0.39, 0.29) is 10.8 Å². The zero-order valence-corrected chi connectivity index (χ0v) is 8.95. The Bertz CT molecular complexity index is 305. The van der Waals surface area contributed by atoms with Crippen LogP contribution in [0.1, 0.15) is 25.0 Å². The van der Waals surface area contributed by atoms with Crippen molar-refractivity contribution >= 4 is 11.6 Å². The lowest BCUT2D eigenvalue weighted by atomic mass is 9.99. The summed E-state index contributed by atoms with van der Waals surface area (Å²) in [6, 6.07) is 3.23. The first kappa shape index (κ1) is 10.5. The Morgan fingerprint density at radius 3 is 2.54 bits per heavy atom. The van der Waals surface area contributed by atoms with Gasteiger partial charge in [0.1, 0.15) is 5.82 Å². The van der Waals surface area contributed by atoms with Gasteiger partial charge in [0.2, 0.25) is 0 Å². The van der Waals surface area contributed by atoms with Crippen molar-refractivity contribution in [3.8, 4) is 0 Å². The molecule has 0 heterocycles. The second-order valence-electron chi connectivity index (χ2n) is 3.79. The van der Waals surface area contributed by atoms with Crippen molar-refractivity contribution in [1.29, 1.82) is 0 Å². The molecule has 0 aromatic heterocycles. The molecule has 0 nitrogen and oxygen atoms in total. The molecule has 0 saturated carbocycles. The van der Waals surface area contributed by atoms with Crippen LogP contribution in [-0.2, 0) is 6.42 Å². The molecule has 0 fully saturated rings. The van der Waals surface area contributed by atoms with Gasteiger partial charge in [0, 0.05) is 0 Å². The maximum atomic E-state index is 13.0. The third-order valence-corrected chi connectivity index (χ3v) is 2.30. The number of aryl methyl sites for hydroxylation is 1. The van der Waals surface area contributed by atoms with Gasteiger partial charge in [-0.05, 0) is 42.5 Å². The van der Waals surface area contributed by atoms with Crippen LogP contribution in [0.15, 0.2) is 12.1 Å². The van der Waals surface area contributed by atoms with E-state index in [1.54, 1.807) is 6.07 Å². The SMILES string of the molecule is Cc1cc(F)c(Cl)cc1CC(C)C. The predicted molar refractivity (Wildman–Crippen MR) is 54.7 cm³/mol. The minimum absolute atomic E-state index is 0.223. The third-order valence-electron chi connectivity index (χ3n) is 2.01.